The molecule has 100 valence electrons. The van der Waals surface area contributed by atoms with Gasteiger partial charge in [0.15, 0.2) is 6.29 Å². The molecule has 0 bridgehead atoms. The normalized spacial score (nSPS) is 32.4. The molecule has 0 aromatic heterocycles. The van der Waals surface area contributed by atoms with Crippen LogP contribution in [0, 0.1) is 6.92 Å². The second-order valence-corrected chi connectivity index (χ2v) is 4.49. The van der Waals surface area contributed by atoms with Crippen LogP contribution in [-0.4, -0.2) is 46.5 Å². The van der Waals surface area contributed by atoms with Crippen LogP contribution in [0.2, 0.25) is 0 Å². The number of aryl methyl sites for hydroxylation is 1. The molecule has 5 heteroatoms. The van der Waals surface area contributed by atoms with Gasteiger partial charge in [0.2, 0.25) is 0 Å². The Kier molecular flexibility index (Phi) is 4.31. The van der Waals surface area contributed by atoms with E-state index in [1.165, 1.54) is 0 Å². The maximum atomic E-state index is 9.70. The molecule has 18 heavy (non-hydrogen) atoms. The Labute approximate surface area is 106 Å². The average molecular weight is 254 g/mol. The van der Waals surface area contributed by atoms with E-state index in [2.05, 4.69) is 0 Å². The molecule has 0 saturated carbocycles. The van der Waals surface area contributed by atoms with Crippen molar-refractivity contribution in [3.8, 4) is 0 Å². The topological polar surface area (TPSA) is 79.2 Å². The summed E-state index contributed by atoms with van der Waals surface area (Å²) in [6, 6.07) is 7.73. The van der Waals surface area contributed by atoms with E-state index in [1.54, 1.807) is 0 Å². The van der Waals surface area contributed by atoms with Crippen LogP contribution in [0.1, 0.15) is 11.1 Å². The Bertz CT molecular complexity index is 395. The lowest BCUT2D eigenvalue weighted by Gasteiger charge is -2.34. The number of hydrogen-bond donors (Lipinski definition) is 3. The molecule has 1 aromatic rings. The van der Waals surface area contributed by atoms with Crippen molar-refractivity contribution >= 4 is 0 Å². The first kappa shape index (κ1) is 13.5. The van der Waals surface area contributed by atoms with E-state index in [0.29, 0.717) is 0 Å². The van der Waals surface area contributed by atoms with Gasteiger partial charge in [-0.2, -0.15) is 0 Å². The van der Waals surface area contributed by atoms with E-state index in [4.69, 9.17) is 9.47 Å². The zero-order valence-corrected chi connectivity index (χ0v) is 10.2. The number of rotatable bonds is 3. The van der Waals surface area contributed by atoms with Crippen molar-refractivity contribution in [3.63, 3.8) is 0 Å². The Morgan fingerprint density at radius 3 is 2.67 bits per heavy atom. The standard InChI is InChI=1S/C13H18O5/c1-8-4-2-3-5-9(8)6-17-13-12(16)11(15)10(14)7-18-13/h2-5,10-16H,6-7H2,1H3/t10-,11-,12+,13-/m1/s1. The third-order valence-corrected chi connectivity index (χ3v) is 3.12. The van der Waals surface area contributed by atoms with Crippen LogP contribution in [0.3, 0.4) is 0 Å². The molecule has 1 heterocycles. The van der Waals surface area contributed by atoms with Gasteiger partial charge in [-0.3, -0.25) is 0 Å². The van der Waals surface area contributed by atoms with E-state index in [1.807, 2.05) is 31.2 Å². The van der Waals surface area contributed by atoms with Crippen molar-refractivity contribution < 1.29 is 24.8 Å². The maximum Gasteiger partial charge on any atom is 0.186 e. The van der Waals surface area contributed by atoms with Gasteiger partial charge in [0.05, 0.1) is 13.2 Å². The van der Waals surface area contributed by atoms with E-state index in [9.17, 15) is 15.3 Å². The molecule has 2 rings (SSSR count). The number of aliphatic hydroxyl groups excluding tert-OH is 3. The van der Waals surface area contributed by atoms with Crippen LogP contribution in [0.5, 0.6) is 0 Å². The molecule has 0 spiro atoms. The van der Waals surface area contributed by atoms with Crippen LogP contribution >= 0.6 is 0 Å². The summed E-state index contributed by atoms with van der Waals surface area (Å²) in [6.07, 6.45) is -4.46. The summed E-state index contributed by atoms with van der Waals surface area (Å²) in [7, 11) is 0. The Hall–Kier alpha value is -0.980. The van der Waals surface area contributed by atoms with E-state index in [-0.39, 0.29) is 13.2 Å². The van der Waals surface area contributed by atoms with Gasteiger partial charge in [-0.15, -0.1) is 0 Å². The quantitative estimate of drug-likeness (QED) is 0.705. The number of hydrogen-bond acceptors (Lipinski definition) is 5. The van der Waals surface area contributed by atoms with Crippen LogP contribution in [0.4, 0.5) is 0 Å². The van der Waals surface area contributed by atoms with Gasteiger partial charge in [-0.1, -0.05) is 24.3 Å². The minimum atomic E-state index is -1.24. The summed E-state index contributed by atoms with van der Waals surface area (Å²) in [4.78, 5) is 0. The molecule has 4 atom stereocenters. The molecule has 1 saturated heterocycles. The van der Waals surface area contributed by atoms with Gasteiger partial charge in [-0.25, -0.2) is 0 Å². The minimum Gasteiger partial charge on any atom is -0.388 e. The molecule has 1 aliphatic heterocycles. The number of aliphatic hydroxyl groups is 3. The molecule has 0 aliphatic carbocycles. The van der Waals surface area contributed by atoms with Crippen molar-refractivity contribution in [2.24, 2.45) is 0 Å². The first-order chi connectivity index (χ1) is 8.59. The molecule has 1 fully saturated rings. The molecule has 0 unspecified atom stereocenters. The van der Waals surface area contributed by atoms with Crippen molar-refractivity contribution in [3.05, 3.63) is 35.4 Å². The predicted octanol–water partition coefficient (Wildman–Crippen LogP) is -0.0494. The molecule has 3 N–H and O–H groups in total. The molecule has 5 nitrogen and oxygen atoms in total. The molecule has 1 aliphatic rings. The molecule has 0 radical (unpaired) electrons. The van der Waals surface area contributed by atoms with Gasteiger partial charge in [0.25, 0.3) is 0 Å². The van der Waals surface area contributed by atoms with Crippen molar-refractivity contribution in [1.82, 2.24) is 0 Å². The minimum absolute atomic E-state index is 0.0450. The fraction of sp³-hybridized carbons (Fsp3) is 0.538. The number of ether oxygens (including phenoxy) is 2. The van der Waals surface area contributed by atoms with Gasteiger partial charge in [0, 0.05) is 0 Å². The van der Waals surface area contributed by atoms with Crippen LogP contribution in [0.25, 0.3) is 0 Å². The third kappa shape index (κ3) is 2.88. The van der Waals surface area contributed by atoms with E-state index in [0.717, 1.165) is 11.1 Å². The summed E-state index contributed by atoms with van der Waals surface area (Å²) in [5, 5.41) is 28.5. The molecular formula is C13H18O5. The number of benzene rings is 1. The van der Waals surface area contributed by atoms with Crippen LogP contribution < -0.4 is 0 Å². The zero-order valence-electron chi connectivity index (χ0n) is 10.2. The lowest BCUT2D eigenvalue weighted by Crippen LogP contribution is -2.53. The largest absolute Gasteiger partial charge is 0.388 e. The molecular weight excluding hydrogens is 236 g/mol. The molecule has 1 aromatic carbocycles. The Balaban J connectivity index is 1.93. The zero-order chi connectivity index (χ0) is 13.1. The highest BCUT2D eigenvalue weighted by molar-refractivity contribution is 5.24. The van der Waals surface area contributed by atoms with Gasteiger partial charge >= 0.3 is 0 Å². The second kappa shape index (κ2) is 5.77. The van der Waals surface area contributed by atoms with Crippen molar-refractivity contribution in [1.29, 1.82) is 0 Å². The maximum absolute atomic E-state index is 9.70. The Morgan fingerprint density at radius 1 is 1.22 bits per heavy atom. The summed E-state index contributed by atoms with van der Waals surface area (Å²) >= 11 is 0. The first-order valence-electron chi connectivity index (χ1n) is 5.91. The summed E-state index contributed by atoms with van der Waals surface area (Å²) in [5.74, 6) is 0. The van der Waals surface area contributed by atoms with Gasteiger partial charge in [0.1, 0.15) is 18.3 Å². The highest BCUT2D eigenvalue weighted by Crippen LogP contribution is 2.18. The lowest BCUT2D eigenvalue weighted by atomic mass is 10.1. The van der Waals surface area contributed by atoms with Crippen LogP contribution in [-0.2, 0) is 16.1 Å². The van der Waals surface area contributed by atoms with Crippen molar-refractivity contribution in [2.45, 2.75) is 38.1 Å². The second-order valence-electron chi connectivity index (χ2n) is 4.49. The predicted molar refractivity (Wildman–Crippen MR) is 63.7 cm³/mol. The smallest absolute Gasteiger partial charge is 0.186 e. The fourth-order valence-electron chi connectivity index (χ4n) is 1.87. The lowest BCUT2D eigenvalue weighted by molar-refractivity contribution is -0.273. The van der Waals surface area contributed by atoms with E-state index < -0.39 is 24.6 Å². The molecule has 0 amide bonds. The summed E-state index contributed by atoms with van der Waals surface area (Å²) < 4.78 is 10.6. The SMILES string of the molecule is Cc1ccccc1CO[C@@H]1OC[C@@H](O)[C@@H](O)[C@@H]1O. The Morgan fingerprint density at radius 2 is 1.94 bits per heavy atom. The summed E-state index contributed by atoms with van der Waals surface area (Å²) in [5.41, 5.74) is 2.08. The third-order valence-electron chi connectivity index (χ3n) is 3.12. The average Bonchev–Trinajstić information content (AvgIpc) is 2.37. The van der Waals surface area contributed by atoms with Crippen molar-refractivity contribution in [2.75, 3.05) is 6.61 Å². The fourth-order valence-corrected chi connectivity index (χ4v) is 1.87. The highest BCUT2D eigenvalue weighted by atomic mass is 16.7. The highest BCUT2D eigenvalue weighted by Gasteiger charge is 2.38. The summed E-state index contributed by atoms with van der Waals surface area (Å²) in [6.45, 7) is 2.21. The first-order valence-corrected chi connectivity index (χ1v) is 5.91. The monoisotopic (exact) mass is 254 g/mol. The van der Waals surface area contributed by atoms with E-state index >= 15 is 0 Å². The van der Waals surface area contributed by atoms with Gasteiger partial charge < -0.3 is 24.8 Å². The van der Waals surface area contributed by atoms with Gasteiger partial charge in [-0.05, 0) is 18.1 Å². The van der Waals surface area contributed by atoms with Crippen LogP contribution in [0.15, 0.2) is 24.3 Å².